The van der Waals surface area contributed by atoms with Gasteiger partial charge in [-0.1, -0.05) is 18.2 Å². The minimum absolute atomic E-state index is 0.362. The number of carbonyl (C=O) groups is 1. The summed E-state index contributed by atoms with van der Waals surface area (Å²) in [7, 11) is 0. The van der Waals surface area contributed by atoms with Crippen LogP contribution in [-0.4, -0.2) is 30.2 Å². The number of aliphatic hydroxyl groups excluding tert-OH is 1. The number of rotatable bonds is 4. The molecule has 1 heterocycles. The molecule has 2 aromatic carbocycles. The molecule has 2 aromatic rings. The van der Waals surface area contributed by atoms with E-state index in [1.54, 1.807) is 12.1 Å². The van der Waals surface area contributed by atoms with Gasteiger partial charge in [0.1, 0.15) is 0 Å². The van der Waals surface area contributed by atoms with Crippen LogP contribution in [0, 0.1) is 0 Å². The Labute approximate surface area is 179 Å². The zero-order chi connectivity index (χ0) is 22.0. The fraction of sp³-hybridized carbons (Fsp3) is 0.375. The number of anilines is 2. The monoisotopic (exact) mass is 430 g/mol. The van der Waals surface area contributed by atoms with E-state index in [1.165, 1.54) is 18.2 Å². The Bertz CT molecular complexity index is 995. The highest BCUT2D eigenvalue weighted by molar-refractivity contribution is 6.03. The molecule has 31 heavy (non-hydrogen) atoms. The summed E-state index contributed by atoms with van der Waals surface area (Å²) in [5.41, 5.74) is 3.01. The lowest BCUT2D eigenvalue weighted by Gasteiger charge is -2.30. The van der Waals surface area contributed by atoms with Crippen molar-refractivity contribution in [1.29, 1.82) is 0 Å². The summed E-state index contributed by atoms with van der Waals surface area (Å²) in [6, 6.07) is 9.21. The molecule has 2 N–H and O–H groups in total. The van der Waals surface area contributed by atoms with E-state index in [9.17, 15) is 23.1 Å². The van der Waals surface area contributed by atoms with Crippen LogP contribution in [0.5, 0.6) is 0 Å². The summed E-state index contributed by atoms with van der Waals surface area (Å²) in [4.78, 5) is 14.5. The zero-order valence-corrected chi connectivity index (χ0v) is 17.1. The second-order valence-corrected chi connectivity index (χ2v) is 8.15. The second kappa shape index (κ2) is 8.75. The number of carbonyl (C=O) groups excluding carboxylic acids is 1. The number of hydrogen-bond acceptors (Lipinski definition) is 3. The van der Waals surface area contributed by atoms with Gasteiger partial charge in [-0.25, -0.2) is 0 Å². The smallest absolute Gasteiger partial charge is 0.392 e. The van der Waals surface area contributed by atoms with Crippen LogP contribution in [0.2, 0.25) is 0 Å². The minimum Gasteiger partial charge on any atom is -0.392 e. The molecule has 1 saturated heterocycles. The maximum absolute atomic E-state index is 13.2. The first kappa shape index (κ1) is 21.4. The van der Waals surface area contributed by atoms with E-state index >= 15 is 0 Å². The Morgan fingerprint density at radius 2 is 1.87 bits per heavy atom. The van der Waals surface area contributed by atoms with Gasteiger partial charge in [0.25, 0.3) is 0 Å². The highest BCUT2D eigenvalue weighted by atomic mass is 19.4. The van der Waals surface area contributed by atoms with Gasteiger partial charge in [0.15, 0.2) is 0 Å². The molecular weight excluding hydrogens is 405 g/mol. The van der Waals surface area contributed by atoms with Gasteiger partial charge >= 0.3 is 6.18 Å². The normalized spacial score (nSPS) is 19.0. The van der Waals surface area contributed by atoms with Crippen molar-refractivity contribution in [2.45, 2.75) is 44.4 Å². The number of nitrogens with zero attached hydrogens (tertiary/aromatic N) is 1. The SMILES string of the molecule is O=C(C=Cc1ccc(C(F)(F)F)cc1N1CCCCC1)Nc1cccc2c1C[C@H](O)C2. The maximum atomic E-state index is 13.2. The molecule has 4 rings (SSSR count). The molecule has 1 amide bonds. The molecule has 2 aliphatic rings. The molecule has 1 atom stereocenters. The van der Waals surface area contributed by atoms with E-state index in [-0.39, 0.29) is 5.91 Å². The number of amides is 1. The van der Waals surface area contributed by atoms with Crippen molar-refractivity contribution in [3.05, 3.63) is 64.7 Å². The fourth-order valence-electron chi connectivity index (χ4n) is 4.36. The van der Waals surface area contributed by atoms with Gasteiger partial charge < -0.3 is 15.3 Å². The first-order chi connectivity index (χ1) is 14.8. The predicted octanol–water partition coefficient (Wildman–Crippen LogP) is 4.81. The summed E-state index contributed by atoms with van der Waals surface area (Å²) < 4.78 is 39.7. The van der Waals surface area contributed by atoms with Gasteiger partial charge in [-0.3, -0.25) is 4.79 Å². The summed E-state index contributed by atoms with van der Waals surface area (Å²) in [6.45, 7) is 1.40. The topological polar surface area (TPSA) is 52.6 Å². The highest BCUT2D eigenvalue weighted by Crippen LogP contribution is 2.35. The van der Waals surface area contributed by atoms with Crippen LogP contribution < -0.4 is 10.2 Å². The molecule has 0 saturated carbocycles. The number of alkyl halides is 3. The average molecular weight is 430 g/mol. The molecule has 4 nitrogen and oxygen atoms in total. The molecule has 0 radical (unpaired) electrons. The largest absolute Gasteiger partial charge is 0.416 e. The molecule has 0 unspecified atom stereocenters. The highest BCUT2D eigenvalue weighted by Gasteiger charge is 2.31. The molecular formula is C24H25F3N2O2. The molecule has 7 heteroatoms. The van der Waals surface area contributed by atoms with E-state index < -0.39 is 17.8 Å². The van der Waals surface area contributed by atoms with Crippen LogP contribution in [0.3, 0.4) is 0 Å². The number of piperidine rings is 1. The Morgan fingerprint density at radius 1 is 1.10 bits per heavy atom. The van der Waals surface area contributed by atoms with E-state index in [1.807, 2.05) is 17.0 Å². The van der Waals surface area contributed by atoms with Gasteiger partial charge in [-0.2, -0.15) is 13.2 Å². The van der Waals surface area contributed by atoms with E-state index in [2.05, 4.69) is 5.32 Å². The van der Waals surface area contributed by atoms with Crippen LogP contribution >= 0.6 is 0 Å². The van der Waals surface area contributed by atoms with Crippen LogP contribution in [0.25, 0.3) is 6.08 Å². The third kappa shape index (κ3) is 4.93. The van der Waals surface area contributed by atoms with Crippen molar-refractivity contribution in [2.24, 2.45) is 0 Å². The average Bonchev–Trinajstić information content (AvgIpc) is 3.13. The van der Waals surface area contributed by atoms with Crippen LogP contribution in [0.15, 0.2) is 42.5 Å². The van der Waals surface area contributed by atoms with E-state index in [0.717, 1.165) is 36.5 Å². The number of hydrogen-bond donors (Lipinski definition) is 2. The second-order valence-electron chi connectivity index (χ2n) is 8.15. The lowest BCUT2D eigenvalue weighted by atomic mass is 10.0. The molecule has 0 aromatic heterocycles. The quantitative estimate of drug-likeness (QED) is 0.685. The Hall–Kier alpha value is -2.80. The fourth-order valence-corrected chi connectivity index (χ4v) is 4.36. The number of aliphatic hydroxyl groups is 1. The molecule has 1 aliphatic carbocycles. The Kier molecular flexibility index (Phi) is 6.05. The first-order valence-electron chi connectivity index (χ1n) is 10.6. The Balaban J connectivity index is 1.55. The summed E-state index contributed by atoms with van der Waals surface area (Å²) >= 11 is 0. The maximum Gasteiger partial charge on any atom is 0.416 e. The van der Waals surface area contributed by atoms with Gasteiger partial charge in [0, 0.05) is 37.0 Å². The van der Waals surface area contributed by atoms with E-state index in [4.69, 9.17) is 0 Å². The molecule has 1 aliphatic heterocycles. The van der Waals surface area contributed by atoms with Crippen molar-refractivity contribution in [1.82, 2.24) is 0 Å². The van der Waals surface area contributed by atoms with Crippen LogP contribution in [0.1, 0.15) is 41.5 Å². The number of benzene rings is 2. The molecule has 1 fully saturated rings. The van der Waals surface area contributed by atoms with Crippen molar-refractivity contribution < 1.29 is 23.1 Å². The zero-order valence-electron chi connectivity index (χ0n) is 17.1. The van der Waals surface area contributed by atoms with Gasteiger partial charge in [0.05, 0.1) is 11.7 Å². The third-order valence-corrected chi connectivity index (χ3v) is 5.89. The van der Waals surface area contributed by atoms with Crippen molar-refractivity contribution in [3.63, 3.8) is 0 Å². The summed E-state index contributed by atoms with van der Waals surface area (Å²) in [5.74, 6) is -0.362. The molecule has 0 bridgehead atoms. The first-order valence-corrected chi connectivity index (χ1v) is 10.6. The van der Waals surface area contributed by atoms with E-state index in [0.29, 0.717) is 42.9 Å². The van der Waals surface area contributed by atoms with Crippen LogP contribution in [-0.2, 0) is 23.8 Å². The lowest BCUT2D eigenvalue weighted by Crippen LogP contribution is -2.30. The number of fused-ring (bicyclic) bond motifs is 1. The van der Waals surface area contributed by atoms with Crippen molar-refractivity contribution in [3.8, 4) is 0 Å². The minimum atomic E-state index is -4.41. The van der Waals surface area contributed by atoms with Gasteiger partial charge in [0.2, 0.25) is 5.91 Å². The third-order valence-electron chi connectivity index (χ3n) is 5.89. The van der Waals surface area contributed by atoms with Gasteiger partial charge in [-0.15, -0.1) is 0 Å². The predicted molar refractivity (Wildman–Crippen MR) is 115 cm³/mol. The Morgan fingerprint density at radius 3 is 2.61 bits per heavy atom. The standard InChI is InChI=1S/C24H25F3N2O2/c25-24(26,27)18-9-7-16(22(14-18)29-11-2-1-3-12-29)8-10-23(31)28-21-6-4-5-17-13-19(30)15-20(17)21/h4-10,14,19,30H,1-3,11-13,15H2,(H,28,31)/t19-/m1/s1. The lowest BCUT2D eigenvalue weighted by molar-refractivity contribution is -0.137. The number of halogens is 3. The van der Waals surface area contributed by atoms with Crippen molar-refractivity contribution in [2.75, 3.05) is 23.3 Å². The summed E-state index contributed by atoms with van der Waals surface area (Å²) in [6.07, 6.45) is 2.06. The molecule has 164 valence electrons. The van der Waals surface area contributed by atoms with Crippen LogP contribution in [0.4, 0.5) is 24.5 Å². The molecule has 0 spiro atoms. The van der Waals surface area contributed by atoms with Crippen molar-refractivity contribution >= 4 is 23.4 Å². The van der Waals surface area contributed by atoms with Gasteiger partial charge in [-0.05, 0) is 66.6 Å². The summed E-state index contributed by atoms with van der Waals surface area (Å²) in [5, 5.41) is 12.7. The number of nitrogens with one attached hydrogen (secondary N) is 1.